The third kappa shape index (κ3) is 4.44. The molecule has 3 N–H and O–H groups in total. The molecule has 0 saturated carbocycles. The molecule has 1 rings (SSSR count). The van der Waals surface area contributed by atoms with Crippen molar-refractivity contribution in [3.05, 3.63) is 24.2 Å². The molecule has 0 bridgehead atoms. The molecule has 1 amide bonds. The summed E-state index contributed by atoms with van der Waals surface area (Å²) in [7, 11) is 0. The molecule has 0 fully saturated rings. The van der Waals surface area contributed by atoms with Crippen LogP contribution in [-0.4, -0.2) is 17.4 Å². The van der Waals surface area contributed by atoms with E-state index in [2.05, 4.69) is 5.32 Å². The minimum absolute atomic E-state index is 0.0144. The lowest BCUT2D eigenvalue weighted by molar-refractivity contribution is -0.121. The standard InChI is InChI=1S/C11H16N2O2S/c1-8(11(12)16)7-13-10(14)5-4-9-3-2-6-15-9/h2-3,6,8H,4-5,7H2,1H3,(H2,12,16)(H,13,14). The smallest absolute Gasteiger partial charge is 0.220 e. The summed E-state index contributed by atoms with van der Waals surface area (Å²) in [5.41, 5.74) is 5.44. The molecule has 1 aromatic heterocycles. The summed E-state index contributed by atoms with van der Waals surface area (Å²) < 4.78 is 5.13. The quantitative estimate of drug-likeness (QED) is 0.734. The van der Waals surface area contributed by atoms with Crippen molar-refractivity contribution in [3.63, 3.8) is 0 Å². The number of carbonyl (C=O) groups is 1. The van der Waals surface area contributed by atoms with Crippen molar-refractivity contribution in [3.8, 4) is 0 Å². The molecule has 0 saturated heterocycles. The van der Waals surface area contributed by atoms with Gasteiger partial charge in [0.05, 0.1) is 11.3 Å². The van der Waals surface area contributed by atoms with E-state index in [1.54, 1.807) is 6.26 Å². The fourth-order valence-corrected chi connectivity index (χ4v) is 1.23. The number of hydrogen-bond donors (Lipinski definition) is 2. The van der Waals surface area contributed by atoms with Crippen molar-refractivity contribution in [1.29, 1.82) is 0 Å². The fourth-order valence-electron chi connectivity index (χ4n) is 1.15. The van der Waals surface area contributed by atoms with Crippen LogP contribution in [0.15, 0.2) is 22.8 Å². The molecule has 1 unspecified atom stereocenters. The lowest BCUT2D eigenvalue weighted by Crippen LogP contribution is -2.33. The normalized spacial score (nSPS) is 12.1. The summed E-state index contributed by atoms with van der Waals surface area (Å²) in [6, 6.07) is 3.66. The van der Waals surface area contributed by atoms with Crippen LogP contribution in [-0.2, 0) is 11.2 Å². The lowest BCUT2D eigenvalue weighted by Gasteiger charge is -2.10. The highest BCUT2D eigenvalue weighted by molar-refractivity contribution is 7.80. The van der Waals surface area contributed by atoms with Crippen LogP contribution in [0, 0.1) is 5.92 Å². The van der Waals surface area contributed by atoms with E-state index in [4.69, 9.17) is 22.4 Å². The highest BCUT2D eigenvalue weighted by atomic mass is 32.1. The highest BCUT2D eigenvalue weighted by Gasteiger charge is 2.08. The Morgan fingerprint density at radius 1 is 1.69 bits per heavy atom. The van der Waals surface area contributed by atoms with E-state index in [1.807, 2.05) is 19.1 Å². The van der Waals surface area contributed by atoms with Crippen molar-refractivity contribution in [2.45, 2.75) is 19.8 Å². The zero-order chi connectivity index (χ0) is 12.0. The van der Waals surface area contributed by atoms with Gasteiger partial charge in [-0.3, -0.25) is 4.79 Å². The first kappa shape index (κ1) is 12.7. The Morgan fingerprint density at radius 3 is 3.00 bits per heavy atom. The van der Waals surface area contributed by atoms with E-state index in [9.17, 15) is 4.79 Å². The topological polar surface area (TPSA) is 68.3 Å². The Balaban J connectivity index is 2.19. The minimum Gasteiger partial charge on any atom is -0.469 e. The molecular formula is C11H16N2O2S. The van der Waals surface area contributed by atoms with E-state index in [0.29, 0.717) is 24.4 Å². The van der Waals surface area contributed by atoms with Crippen molar-refractivity contribution in [2.24, 2.45) is 11.7 Å². The number of nitrogens with two attached hydrogens (primary N) is 1. The zero-order valence-corrected chi connectivity index (χ0v) is 10.0. The van der Waals surface area contributed by atoms with Gasteiger partial charge in [0.1, 0.15) is 5.76 Å². The fraction of sp³-hybridized carbons (Fsp3) is 0.455. The number of rotatable bonds is 6. The van der Waals surface area contributed by atoms with Crippen LogP contribution >= 0.6 is 12.2 Å². The Bertz CT molecular complexity index is 349. The summed E-state index contributed by atoms with van der Waals surface area (Å²) in [6.45, 7) is 2.38. The first-order valence-corrected chi connectivity index (χ1v) is 5.59. The molecule has 0 aliphatic carbocycles. The number of nitrogens with one attached hydrogen (secondary N) is 1. The van der Waals surface area contributed by atoms with E-state index < -0.39 is 0 Å². The van der Waals surface area contributed by atoms with Gasteiger partial charge in [-0.1, -0.05) is 19.1 Å². The second-order valence-electron chi connectivity index (χ2n) is 3.69. The van der Waals surface area contributed by atoms with Crippen LogP contribution in [0.25, 0.3) is 0 Å². The third-order valence-electron chi connectivity index (χ3n) is 2.27. The van der Waals surface area contributed by atoms with E-state index in [1.165, 1.54) is 0 Å². The van der Waals surface area contributed by atoms with Crippen LogP contribution in [0.3, 0.4) is 0 Å². The first-order chi connectivity index (χ1) is 7.59. The Hall–Kier alpha value is -1.36. The molecule has 0 radical (unpaired) electrons. The largest absolute Gasteiger partial charge is 0.469 e. The van der Waals surface area contributed by atoms with Crippen LogP contribution in [0.4, 0.5) is 0 Å². The summed E-state index contributed by atoms with van der Waals surface area (Å²) in [6.07, 6.45) is 2.63. The van der Waals surface area contributed by atoms with Gasteiger partial charge in [-0.2, -0.15) is 0 Å². The number of furan rings is 1. The Morgan fingerprint density at radius 2 is 2.44 bits per heavy atom. The van der Waals surface area contributed by atoms with Crippen molar-refractivity contribution in [2.75, 3.05) is 6.54 Å². The second-order valence-corrected chi connectivity index (χ2v) is 4.16. The third-order valence-corrected chi connectivity index (χ3v) is 2.67. The number of aryl methyl sites for hydroxylation is 1. The average molecular weight is 240 g/mol. The van der Waals surface area contributed by atoms with Crippen molar-refractivity contribution >= 4 is 23.1 Å². The molecule has 5 heteroatoms. The second kappa shape index (κ2) is 6.27. The molecule has 88 valence electrons. The number of hydrogen-bond acceptors (Lipinski definition) is 3. The van der Waals surface area contributed by atoms with Crippen molar-refractivity contribution in [1.82, 2.24) is 5.32 Å². The van der Waals surface area contributed by atoms with Crippen molar-refractivity contribution < 1.29 is 9.21 Å². The van der Waals surface area contributed by atoms with E-state index in [-0.39, 0.29) is 11.8 Å². The maximum atomic E-state index is 11.4. The predicted octanol–water partition coefficient (Wildman–Crippen LogP) is 1.25. The highest BCUT2D eigenvalue weighted by Crippen LogP contribution is 2.03. The van der Waals surface area contributed by atoms with Gasteiger partial charge in [0.25, 0.3) is 0 Å². The van der Waals surface area contributed by atoms with Gasteiger partial charge in [0.2, 0.25) is 5.91 Å². The van der Waals surface area contributed by atoms with Gasteiger partial charge in [0.15, 0.2) is 0 Å². The number of thiocarbonyl (C=S) groups is 1. The van der Waals surface area contributed by atoms with E-state index in [0.717, 1.165) is 5.76 Å². The van der Waals surface area contributed by atoms with Crippen LogP contribution < -0.4 is 11.1 Å². The molecule has 1 aromatic rings. The van der Waals surface area contributed by atoms with Crippen LogP contribution in [0.1, 0.15) is 19.1 Å². The Labute approximate surface area is 100 Å². The molecular weight excluding hydrogens is 224 g/mol. The van der Waals surface area contributed by atoms with Gasteiger partial charge in [-0.05, 0) is 12.1 Å². The van der Waals surface area contributed by atoms with Gasteiger partial charge < -0.3 is 15.5 Å². The summed E-state index contributed by atoms with van der Waals surface area (Å²) in [5.74, 6) is 0.833. The molecule has 16 heavy (non-hydrogen) atoms. The molecule has 1 heterocycles. The first-order valence-electron chi connectivity index (χ1n) is 5.18. The number of amides is 1. The SMILES string of the molecule is CC(CNC(=O)CCc1ccco1)C(N)=S. The average Bonchev–Trinajstić information content (AvgIpc) is 2.75. The van der Waals surface area contributed by atoms with Gasteiger partial charge in [0, 0.05) is 25.3 Å². The van der Waals surface area contributed by atoms with E-state index >= 15 is 0 Å². The van der Waals surface area contributed by atoms with Gasteiger partial charge in [-0.25, -0.2) is 0 Å². The molecule has 0 aromatic carbocycles. The maximum Gasteiger partial charge on any atom is 0.220 e. The minimum atomic E-state index is -0.0144. The van der Waals surface area contributed by atoms with Crippen LogP contribution in [0.2, 0.25) is 0 Å². The molecule has 0 spiro atoms. The predicted molar refractivity (Wildman–Crippen MR) is 66.0 cm³/mol. The summed E-state index contributed by atoms with van der Waals surface area (Å²) >= 11 is 4.81. The lowest BCUT2D eigenvalue weighted by atomic mass is 10.2. The molecule has 0 aliphatic heterocycles. The molecule has 1 atom stereocenters. The van der Waals surface area contributed by atoms with Gasteiger partial charge >= 0.3 is 0 Å². The maximum absolute atomic E-state index is 11.4. The number of carbonyl (C=O) groups excluding carboxylic acids is 1. The summed E-state index contributed by atoms with van der Waals surface area (Å²) in [5, 5.41) is 2.78. The molecule has 0 aliphatic rings. The zero-order valence-electron chi connectivity index (χ0n) is 9.23. The summed E-state index contributed by atoms with van der Waals surface area (Å²) in [4.78, 5) is 11.9. The molecule has 4 nitrogen and oxygen atoms in total. The monoisotopic (exact) mass is 240 g/mol. The Kier molecular flexibility index (Phi) is 4.98. The van der Waals surface area contributed by atoms with Gasteiger partial charge in [-0.15, -0.1) is 0 Å². The van der Waals surface area contributed by atoms with Crippen LogP contribution in [0.5, 0.6) is 0 Å².